The highest BCUT2D eigenvalue weighted by molar-refractivity contribution is 7.80. The summed E-state index contributed by atoms with van der Waals surface area (Å²) in [4.78, 5) is 32.9. The number of amides is 2. The minimum atomic E-state index is -0.720. The van der Waals surface area contributed by atoms with Crippen molar-refractivity contribution in [3.8, 4) is 11.1 Å². The van der Waals surface area contributed by atoms with Gasteiger partial charge in [-0.1, -0.05) is 61.8 Å². The van der Waals surface area contributed by atoms with Gasteiger partial charge in [-0.25, -0.2) is 0 Å². The van der Waals surface area contributed by atoms with Gasteiger partial charge in [-0.3, -0.25) is 14.5 Å². The maximum Gasteiger partial charge on any atom is 0.254 e. The maximum absolute atomic E-state index is 14.8. The topological polar surface area (TPSA) is 55.9 Å². The van der Waals surface area contributed by atoms with Crippen LogP contribution < -0.4 is 10.2 Å². The van der Waals surface area contributed by atoms with Crippen LogP contribution in [0.1, 0.15) is 57.0 Å². The summed E-state index contributed by atoms with van der Waals surface area (Å²) in [6.45, 7) is 11.4. The molecule has 1 fully saturated rings. The number of anilines is 2. The van der Waals surface area contributed by atoms with Gasteiger partial charge in [-0.15, -0.1) is 0 Å². The standard InChI is InChI=1S/C34H39ClN4O2S/c1-21(2)29-34(17-18-38(29)32(42)36-33(3,4)5)26-13-8-9-14-28(26)39(31(34)41)24-12-10-11-22(19-24)23-15-16-25(27(35)20-23)30(40)37(6)7/h8-16,19-21,29H,17-18H2,1-7H3,(H,36,42)/t29?,34-/m0/s1. The van der Waals surface area contributed by atoms with Crippen LogP contribution in [0.5, 0.6) is 0 Å². The molecule has 8 heteroatoms. The van der Waals surface area contributed by atoms with Gasteiger partial charge in [0.1, 0.15) is 0 Å². The average Bonchev–Trinajstić information content (AvgIpc) is 3.45. The molecule has 2 aliphatic rings. The molecule has 0 aromatic heterocycles. The molecule has 220 valence electrons. The smallest absolute Gasteiger partial charge is 0.254 e. The zero-order valence-corrected chi connectivity index (χ0v) is 26.9. The summed E-state index contributed by atoms with van der Waals surface area (Å²) in [6.07, 6.45) is 0.685. The first-order valence-electron chi connectivity index (χ1n) is 14.4. The number of likely N-dealkylation sites (tertiary alicyclic amines) is 1. The fourth-order valence-corrected chi connectivity index (χ4v) is 7.36. The zero-order chi connectivity index (χ0) is 30.6. The second-order valence-corrected chi connectivity index (χ2v) is 13.7. The predicted molar refractivity (Wildman–Crippen MR) is 176 cm³/mol. The van der Waals surface area contributed by atoms with Crippen molar-refractivity contribution in [3.05, 3.63) is 82.9 Å². The Kier molecular flexibility index (Phi) is 7.88. The summed E-state index contributed by atoms with van der Waals surface area (Å²) in [5.41, 5.74) is 4.09. The Morgan fingerprint density at radius 1 is 1.05 bits per heavy atom. The molecule has 1 spiro atoms. The lowest BCUT2D eigenvalue weighted by Crippen LogP contribution is -2.56. The van der Waals surface area contributed by atoms with Crippen molar-refractivity contribution in [2.24, 2.45) is 5.92 Å². The van der Waals surface area contributed by atoms with Gasteiger partial charge in [0.25, 0.3) is 5.91 Å². The van der Waals surface area contributed by atoms with Crippen LogP contribution in [0.2, 0.25) is 5.02 Å². The van der Waals surface area contributed by atoms with Crippen LogP contribution in [0.3, 0.4) is 0 Å². The van der Waals surface area contributed by atoms with E-state index in [-0.39, 0.29) is 29.3 Å². The van der Waals surface area contributed by atoms with Crippen molar-refractivity contribution in [2.45, 2.75) is 58.0 Å². The van der Waals surface area contributed by atoms with Gasteiger partial charge in [0.2, 0.25) is 5.91 Å². The molecule has 2 aliphatic heterocycles. The van der Waals surface area contributed by atoms with E-state index in [1.54, 1.807) is 20.2 Å². The largest absolute Gasteiger partial charge is 0.358 e. The Morgan fingerprint density at radius 2 is 1.74 bits per heavy atom. The van der Waals surface area contributed by atoms with Crippen molar-refractivity contribution in [1.82, 2.24) is 15.1 Å². The molecule has 0 radical (unpaired) electrons. The Morgan fingerprint density at radius 3 is 2.38 bits per heavy atom. The highest BCUT2D eigenvalue weighted by Crippen LogP contribution is 2.54. The van der Waals surface area contributed by atoms with Gasteiger partial charge in [0.15, 0.2) is 5.11 Å². The quantitative estimate of drug-likeness (QED) is 0.325. The second kappa shape index (κ2) is 11.0. The maximum atomic E-state index is 14.8. The van der Waals surface area contributed by atoms with E-state index < -0.39 is 5.41 Å². The first-order valence-corrected chi connectivity index (χ1v) is 15.2. The number of nitrogens with zero attached hydrogens (tertiary/aromatic N) is 3. The van der Waals surface area contributed by atoms with Gasteiger partial charge >= 0.3 is 0 Å². The van der Waals surface area contributed by atoms with Gasteiger partial charge in [0.05, 0.1) is 27.7 Å². The average molecular weight is 603 g/mol. The summed E-state index contributed by atoms with van der Waals surface area (Å²) in [5, 5.41) is 4.56. The van der Waals surface area contributed by atoms with Crippen LogP contribution in [0.15, 0.2) is 66.7 Å². The number of halogens is 1. The monoisotopic (exact) mass is 602 g/mol. The van der Waals surface area contributed by atoms with Gasteiger partial charge in [-0.05, 0) is 92.4 Å². The summed E-state index contributed by atoms with van der Waals surface area (Å²) in [6, 6.07) is 21.5. The number of rotatable bonds is 4. The van der Waals surface area contributed by atoms with E-state index in [0.29, 0.717) is 28.7 Å². The first-order chi connectivity index (χ1) is 19.8. The minimum Gasteiger partial charge on any atom is -0.358 e. The van der Waals surface area contributed by atoms with Crippen molar-refractivity contribution in [2.75, 3.05) is 25.5 Å². The Balaban J connectivity index is 1.56. The van der Waals surface area contributed by atoms with E-state index in [0.717, 1.165) is 28.1 Å². The lowest BCUT2D eigenvalue weighted by Gasteiger charge is -2.40. The van der Waals surface area contributed by atoms with Crippen molar-refractivity contribution < 1.29 is 9.59 Å². The predicted octanol–water partition coefficient (Wildman–Crippen LogP) is 7.03. The summed E-state index contributed by atoms with van der Waals surface area (Å²) in [5.74, 6) is 0.110. The molecule has 2 heterocycles. The second-order valence-electron chi connectivity index (χ2n) is 12.9. The van der Waals surface area contributed by atoms with E-state index in [1.165, 1.54) is 4.90 Å². The van der Waals surface area contributed by atoms with Gasteiger partial charge in [-0.2, -0.15) is 0 Å². The van der Waals surface area contributed by atoms with Crippen molar-refractivity contribution in [3.63, 3.8) is 0 Å². The summed E-state index contributed by atoms with van der Waals surface area (Å²) in [7, 11) is 3.41. The third kappa shape index (κ3) is 5.07. The van der Waals surface area contributed by atoms with E-state index >= 15 is 0 Å². The zero-order valence-electron chi connectivity index (χ0n) is 25.4. The molecule has 0 aliphatic carbocycles. The number of fused-ring (bicyclic) bond motifs is 2. The van der Waals surface area contributed by atoms with E-state index in [4.69, 9.17) is 23.8 Å². The molecule has 1 saturated heterocycles. The van der Waals surface area contributed by atoms with E-state index in [9.17, 15) is 9.59 Å². The van der Waals surface area contributed by atoms with Crippen LogP contribution in [-0.4, -0.2) is 58.9 Å². The highest BCUT2D eigenvalue weighted by Gasteiger charge is 2.61. The molecule has 0 bridgehead atoms. The molecule has 1 unspecified atom stereocenters. The van der Waals surface area contributed by atoms with Crippen LogP contribution in [0.25, 0.3) is 11.1 Å². The molecule has 0 saturated carbocycles. The fourth-order valence-electron chi connectivity index (χ4n) is 6.59. The van der Waals surface area contributed by atoms with Crippen molar-refractivity contribution in [1.29, 1.82) is 0 Å². The normalized spacial score (nSPS) is 19.9. The van der Waals surface area contributed by atoms with Gasteiger partial charge in [0, 0.05) is 31.9 Å². The summed E-state index contributed by atoms with van der Waals surface area (Å²) >= 11 is 12.5. The number of carbonyl (C=O) groups excluding carboxylic acids is 2. The fraction of sp³-hybridized carbons (Fsp3) is 0.382. The molecule has 3 aromatic carbocycles. The molecule has 1 N–H and O–H groups in total. The van der Waals surface area contributed by atoms with Crippen molar-refractivity contribution >= 4 is 52.1 Å². The first kappa shape index (κ1) is 30.1. The molecule has 42 heavy (non-hydrogen) atoms. The number of hydrogen-bond acceptors (Lipinski definition) is 3. The summed E-state index contributed by atoms with van der Waals surface area (Å²) < 4.78 is 0. The number of nitrogens with one attached hydrogen (secondary N) is 1. The number of hydrogen-bond donors (Lipinski definition) is 1. The minimum absolute atomic E-state index is 0.0746. The van der Waals surface area contributed by atoms with E-state index in [2.05, 4.69) is 50.9 Å². The molecular weight excluding hydrogens is 564 g/mol. The molecule has 2 amide bonds. The molecule has 5 rings (SSSR count). The lowest BCUT2D eigenvalue weighted by atomic mass is 9.71. The Bertz CT molecular complexity index is 1560. The molecular formula is C34H39ClN4O2S. The third-order valence-electron chi connectivity index (χ3n) is 8.22. The number of para-hydroxylation sites is 1. The van der Waals surface area contributed by atoms with Crippen LogP contribution in [-0.2, 0) is 10.2 Å². The number of benzene rings is 3. The SMILES string of the molecule is CC(C)C1N(C(=S)NC(C)(C)C)CC[C@@]12C(=O)N(c1cccc(-c3ccc(C(=O)N(C)C)c(Cl)c3)c1)c1ccccc12. The molecule has 3 aromatic rings. The lowest BCUT2D eigenvalue weighted by molar-refractivity contribution is -0.123. The number of carbonyl (C=O) groups is 2. The van der Waals surface area contributed by atoms with Crippen LogP contribution in [0.4, 0.5) is 11.4 Å². The molecule has 2 atom stereocenters. The Hall–Kier alpha value is -3.42. The number of thiocarbonyl (C=S) groups is 1. The van der Waals surface area contributed by atoms with Gasteiger partial charge < -0.3 is 15.1 Å². The Labute approximate surface area is 259 Å². The highest BCUT2D eigenvalue weighted by atomic mass is 35.5. The van der Waals surface area contributed by atoms with E-state index in [1.807, 2.05) is 59.5 Å². The third-order valence-corrected chi connectivity index (χ3v) is 8.86. The molecule has 6 nitrogen and oxygen atoms in total. The van der Waals surface area contributed by atoms with Crippen LogP contribution >= 0.6 is 23.8 Å². The van der Waals surface area contributed by atoms with Crippen LogP contribution in [0, 0.1) is 5.92 Å².